The zero-order valence-corrected chi connectivity index (χ0v) is 17.7. The van der Waals surface area contributed by atoms with Crippen LogP contribution in [-0.2, 0) is 11.2 Å². The van der Waals surface area contributed by atoms with Gasteiger partial charge in [-0.1, -0.05) is 49.6 Å². The molecular weight excluding hydrogens is 369 g/mol. The van der Waals surface area contributed by atoms with Gasteiger partial charge in [0.1, 0.15) is 0 Å². The molecule has 1 atom stereocenters. The highest BCUT2D eigenvalue weighted by molar-refractivity contribution is 5.85. The second-order valence-electron chi connectivity index (χ2n) is 7.66. The van der Waals surface area contributed by atoms with Crippen molar-refractivity contribution in [1.29, 1.82) is 0 Å². The average molecular weight is 404 g/mol. The number of carbonyl (C=O) groups is 1. The fourth-order valence-corrected chi connectivity index (χ4v) is 3.87. The normalized spacial score (nSPS) is 16.9. The number of nitrogens with two attached hydrogens (primary N) is 1. The van der Waals surface area contributed by atoms with Crippen LogP contribution in [0.2, 0.25) is 0 Å². The Morgan fingerprint density at radius 2 is 1.77 bits per heavy atom. The van der Waals surface area contributed by atoms with Gasteiger partial charge in [0.25, 0.3) is 0 Å². The lowest BCUT2D eigenvalue weighted by atomic mass is 9.71. The van der Waals surface area contributed by atoms with Crippen LogP contribution in [0, 0.1) is 5.41 Å². The van der Waals surface area contributed by atoms with Crippen LogP contribution in [0.15, 0.2) is 30.3 Å². The molecule has 26 heavy (non-hydrogen) atoms. The number of amides is 1. The van der Waals surface area contributed by atoms with E-state index in [1.54, 1.807) is 0 Å². The Labute approximate surface area is 171 Å². The summed E-state index contributed by atoms with van der Waals surface area (Å²) in [5.74, 6) is 0.158. The van der Waals surface area contributed by atoms with Gasteiger partial charge in [0.2, 0.25) is 5.91 Å². The Balaban J connectivity index is 0.00000312. The number of carbonyl (C=O) groups excluding carboxylic acids is 1. The molecule has 6 heteroatoms. The van der Waals surface area contributed by atoms with Gasteiger partial charge in [-0.3, -0.25) is 4.79 Å². The van der Waals surface area contributed by atoms with Crippen molar-refractivity contribution in [2.75, 3.05) is 27.2 Å². The molecule has 1 aliphatic rings. The third kappa shape index (κ3) is 8.26. The highest BCUT2D eigenvalue weighted by atomic mass is 35.5. The molecule has 1 aromatic carbocycles. The summed E-state index contributed by atoms with van der Waals surface area (Å²) >= 11 is 0. The van der Waals surface area contributed by atoms with Crippen LogP contribution < -0.4 is 11.1 Å². The van der Waals surface area contributed by atoms with Crippen molar-refractivity contribution in [2.45, 2.75) is 51.0 Å². The van der Waals surface area contributed by atoms with E-state index < -0.39 is 0 Å². The van der Waals surface area contributed by atoms with Gasteiger partial charge in [0, 0.05) is 19.0 Å². The molecule has 0 heterocycles. The Morgan fingerprint density at radius 3 is 2.31 bits per heavy atom. The zero-order chi connectivity index (χ0) is 17.4. The summed E-state index contributed by atoms with van der Waals surface area (Å²) < 4.78 is 0. The molecule has 0 spiro atoms. The second kappa shape index (κ2) is 12.6. The Bertz CT molecular complexity index is 505. The van der Waals surface area contributed by atoms with Crippen LogP contribution in [-0.4, -0.2) is 44.0 Å². The first kappa shape index (κ1) is 25.2. The smallest absolute Gasteiger partial charge is 0.220 e. The molecule has 0 bridgehead atoms. The van der Waals surface area contributed by atoms with E-state index in [1.165, 1.54) is 24.8 Å². The Morgan fingerprint density at radius 1 is 1.15 bits per heavy atom. The van der Waals surface area contributed by atoms with E-state index in [2.05, 4.69) is 34.5 Å². The fourth-order valence-electron chi connectivity index (χ4n) is 3.87. The predicted molar refractivity (Wildman–Crippen MR) is 114 cm³/mol. The van der Waals surface area contributed by atoms with Crippen LogP contribution in [0.25, 0.3) is 0 Å². The van der Waals surface area contributed by atoms with Crippen LogP contribution in [0.3, 0.4) is 0 Å². The number of halogens is 2. The summed E-state index contributed by atoms with van der Waals surface area (Å²) in [4.78, 5) is 14.8. The molecule has 0 saturated heterocycles. The SMILES string of the molecule is CN(C)CC(Cc1ccccc1)NC(=O)CC1(CN)CCCCC1.Cl.Cl. The molecule has 1 aliphatic carbocycles. The molecular formula is C20H35Cl2N3O. The van der Waals surface area contributed by atoms with Crippen molar-refractivity contribution in [3.8, 4) is 0 Å². The third-order valence-corrected chi connectivity index (χ3v) is 5.16. The molecule has 1 saturated carbocycles. The van der Waals surface area contributed by atoms with Gasteiger partial charge >= 0.3 is 0 Å². The summed E-state index contributed by atoms with van der Waals surface area (Å²) in [5.41, 5.74) is 7.32. The lowest BCUT2D eigenvalue weighted by Gasteiger charge is -2.36. The summed E-state index contributed by atoms with van der Waals surface area (Å²) in [6.45, 7) is 1.47. The van der Waals surface area contributed by atoms with E-state index in [0.717, 1.165) is 25.8 Å². The van der Waals surface area contributed by atoms with Crippen molar-refractivity contribution in [2.24, 2.45) is 11.1 Å². The number of likely N-dealkylation sites (N-methyl/N-ethyl adjacent to an activating group) is 1. The topological polar surface area (TPSA) is 58.4 Å². The first-order valence-corrected chi connectivity index (χ1v) is 9.21. The van der Waals surface area contributed by atoms with Crippen molar-refractivity contribution in [3.05, 3.63) is 35.9 Å². The van der Waals surface area contributed by atoms with Gasteiger partial charge in [-0.2, -0.15) is 0 Å². The number of nitrogens with one attached hydrogen (secondary N) is 1. The monoisotopic (exact) mass is 403 g/mol. The number of benzene rings is 1. The zero-order valence-electron chi connectivity index (χ0n) is 16.1. The van der Waals surface area contributed by atoms with Crippen molar-refractivity contribution >= 4 is 30.7 Å². The van der Waals surface area contributed by atoms with E-state index in [-0.39, 0.29) is 42.2 Å². The van der Waals surface area contributed by atoms with Gasteiger partial charge in [0.05, 0.1) is 0 Å². The lowest BCUT2D eigenvalue weighted by molar-refractivity contribution is -0.124. The van der Waals surface area contributed by atoms with E-state index in [4.69, 9.17) is 5.73 Å². The first-order valence-electron chi connectivity index (χ1n) is 9.21. The highest BCUT2D eigenvalue weighted by Gasteiger charge is 2.33. The van der Waals surface area contributed by atoms with Gasteiger partial charge in [-0.15, -0.1) is 24.8 Å². The van der Waals surface area contributed by atoms with E-state index in [1.807, 2.05) is 20.2 Å². The standard InChI is InChI=1S/C20H33N3O.2ClH/c1-23(2)15-18(13-17-9-5-3-6-10-17)22-19(24)14-20(16-21)11-7-4-8-12-20;;/h3,5-6,9-10,18H,4,7-8,11-16,21H2,1-2H3,(H,22,24);2*1H. The van der Waals surface area contributed by atoms with Gasteiger partial charge in [0.15, 0.2) is 0 Å². The van der Waals surface area contributed by atoms with E-state index in [0.29, 0.717) is 13.0 Å². The highest BCUT2D eigenvalue weighted by Crippen LogP contribution is 2.38. The number of rotatable bonds is 8. The number of hydrogen-bond acceptors (Lipinski definition) is 3. The van der Waals surface area contributed by atoms with Crippen molar-refractivity contribution < 1.29 is 4.79 Å². The molecule has 4 nitrogen and oxygen atoms in total. The minimum atomic E-state index is 0. The molecule has 0 aromatic heterocycles. The molecule has 150 valence electrons. The maximum Gasteiger partial charge on any atom is 0.220 e. The quantitative estimate of drug-likeness (QED) is 0.698. The van der Waals surface area contributed by atoms with E-state index in [9.17, 15) is 4.79 Å². The third-order valence-electron chi connectivity index (χ3n) is 5.16. The summed E-state index contributed by atoms with van der Waals surface area (Å²) in [5, 5.41) is 3.27. The van der Waals surface area contributed by atoms with Gasteiger partial charge < -0.3 is 16.0 Å². The van der Waals surface area contributed by atoms with Gasteiger partial charge in [-0.05, 0) is 50.9 Å². The van der Waals surface area contributed by atoms with Crippen molar-refractivity contribution in [1.82, 2.24) is 10.2 Å². The maximum atomic E-state index is 12.7. The minimum absolute atomic E-state index is 0. The van der Waals surface area contributed by atoms with Gasteiger partial charge in [-0.25, -0.2) is 0 Å². The molecule has 3 N–H and O–H groups in total. The summed E-state index contributed by atoms with van der Waals surface area (Å²) in [6, 6.07) is 10.5. The molecule has 1 aromatic rings. The Kier molecular flexibility index (Phi) is 12.2. The molecule has 2 rings (SSSR count). The van der Waals surface area contributed by atoms with Crippen LogP contribution >= 0.6 is 24.8 Å². The Hall–Kier alpha value is -0.810. The largest absolute Gasteiger partial charge is 0.352 e. The fraction of sp³-hybridized carbons (Fsp3) is 0.650. The predicted octanol–water partition coefficient (Wildman–Crippen LogP) is 3.42. The number of hydrogen-bond donors (Lipinski definition) is 2. The van der Waals surface area contributed by atoms with Crippen molar-refractivity contribution in [3.63, 3.8) is 0 Å². The summed E-state index contributed by atoms with van der Waals surface area (Å²) in [6.07, 6.45) is 7.30. The summed E-state index contributed by atoms with van der Waals surface area (Å²) in [7, 11) is 4.10. The maximum absolute atomic E-state index is 12.7. The minimum Gasteiger partial charge on any atom is -0.352 e. The second-order valence-corrected chi connectivity index (χ2v) is 7.66. The first-order chi connectivity index (χ1) is 11.5. The van der Waals surface area contributed by atoms with Crippen LogP contribution in [0.4, 0.5) is 0 Å². The number of nitrogens with zero attached hydrogens (tertiary/aromatic N) is 1. The average Bonchev–Trinajstić information content (AvgIpc) is 2.56. The molecule has 1 unspecified atom stereocenters. The molecule has 1 amide bonds. The molecule has 0 radical (unpaired) electrons. The van der Waals surface area contributed by atoms with Crippen LogP contribution in [0.1, 0.15) is 44.1 Å². The van der Waals surface area contributed by atoms with Crippen LogP contribution in [0.5, 0.6) is 0 Å². The van der Waals surface area contributed by atoms with E-state index >= 15 is 0 Å². The lowest BCUT2D eigenvalue weighted by Crippen LogP contribution is -2.46. The molecule has 1 fully saturated rings. The molecule has 0 aliphatic heterocycles.